The highest BCUT2D eigenvalue weighted by molar-refractivity contribution is 5.93. The third kappa shape index (κ3) is 2.43. The molecule has 0 spiro atoms. The molecule has 3 nitrogen and oxygen atoms in total. The molecule has 0 atom stereocenters. The lowest BCUT2D eigenvalue weighted by Gasteiger charge is -2.10. The summed E-state index contributed by atoms with van der Waals surface area (Å²) in [5, 5.41) is 4.56. The molecule has 0 fully saturated rings. The molecule has 0 saturated carbocycles. The molecule has 0 unspecified atom stereocenters. The van der Waals surface area contributed by atoms with E-state index in [0.717, 1.165) is 28.0 Å². The highest BCUT2D eigenvalue weighted by Gasteiger charge is 2.03. The molecule has 0 aliphatic rings. The molecule has 1 heterocycles. The maximum Gasteiger partial charge on any atom is 0.119 e. The van der Waals surface area contributed by atoms with Crippen molar-refractivity contribution in [1.82, 2.24) is 4.98 Å². The third-order valence-corrected chi connectivity index (χ3v) is 3.27. The first kappa shape index (κ1) is 12.5. The Kier molecular flexibility index (Phi) is 3.25. The van der Waals surface area contributed by atoms with Crippen LogP contribution in [0.3, 0.4) is 0 Å². The SMILES string of the molecule is COc1ccc(Nc2ccnc3ccc(C)cc23)cc1. The van der Waals surface area contributed by atoms with Gasteiger partial charge in [0.2, 0.25) is 0 Å². The number of anilines is 2. The van der Waals surface area contributed by atoms with Gasteiger partial charge >= 0.3 is 0 Å². The van der Waals surface area contributed by atoms with Crippen molar-refractivity contribution in [3.05, 3.63) is 60.3 Å². The Morgan fingerprint density at radius 1 is 1.00 bits per heavy atom. The second-order valence-corrected chi connectivity index (χ2v) is 4.73. The lowest BCUT2D eigenvalue weighted by atomic mass is 10.1. The first-order valence-electron chi connectivity index (χ1n) is 6.53. The van der Waals surface area contributed by atoms with E-state index < -0.39 is 0 Å². The first-order chi connectivity index (χ1) is 9.76. The normalized spacial score (nSPS) is 10.5. The Balaban J connectivity index is 1.99. The van der Waals surface area contributed by atoms with Crippen molar-refractivity contribution in [1.29, 1.82) is 0 Å². The van der Waals surface area contributed by atoms with Gasteiger partial charge in [0.15, 0.2) is 0 Å². The van der Waals surface area contributed by atoms with Gasteiger partial charge in [-0.25, -0.2) is 0 Å². The van der Waals surface area contributed by atoms with E-state index in [-0.39, 0.29) is 0 Å². The Bertz CT molecular complexity index is 736. The smallest absolute Gasteiger partial charge is 0.119 e. The third-order valence-electron chi connectivity index (χ3n) is 3.27. The fourth-order valence-corrected chi connectivity index (χ4v) is 2.20. The lowest BCUT2D eigenvalue weighted by Crippen LogP contribution is -1.93. The molecule has 0 radical (unpaired) electrons. The molecule has 0 bridgehead atoms. The molecule has 100 valence electrons. The Labute approximate surface area is 118 Å². The number of hydrogen-bond acceptors (Lipinski definition) is 3. The van der Waals surface area contributed by atoms with E-state index in [1.54, 1.807) is 7.11 Å². The van der Waals surface area contributed by atoms with E-state index in [1.807, 2.05) is 42.6 Å². The Morgan fingerprint density at radius 2 is 1.80 bits per heavy atom. The first-order valence-corrected chi connectivity index (χ1v) is 6.53. The fourth-order valence-electron chi connectivity index (χ4n) is 2.20. The minimum atomic E-state index is 0.853. The van der Waals surface area contributed by atoms with Crippen LogP contribution in [0.2, 0.25) is 0 Å². The number of hydrogen-bond donors (Lipinski definition) is 1. The van der Waals surface area contributed by atoms with Crippen LogP contribution in [-0.4, -0.2) is 12.1 Å². The topological polar surface area (TPSA) is 34.1 Å². The predicted molar refractivity (Wildman–Crippen MR) is 82.8 cm³/mol. The maximum absolute atomic E-state index is 5.17. The zero-order chi connectivity index (χ0) is 13.9. The van der Waals surface area contributed by atoms with Crippen molar-refractivity contribution in [2.75, 3.05) is 12.4 Å². The monoisotopic (exact) mass is 264 g/mol. The van der Waals surface area contributed by atoms with Crippen molar-refractivity contribution < 1.29 is 4.74 Å². The summed E-state index contributed by atoms with van der Waals surface area (Å²) >= 11 is 0. The van der Waals surface area contributed by atoms with Crippen LogP contribution in [0.1, 0.15) is 5.56 Å². The number of pyridine rings is 1. The molecule has 1 N–H and O–H groups in total. The number of benzene rings is 2. The molecular formula is C17H16N2O. The van der Waals surface area contributed by atoms with E-state index in [9.17, 15) is 0 Å². The average Bonchev–Trinajstić information content (AvgIpc) is 2.49. The Hall–Kier alpha value is -2.55. The highest BCUT2D eigenvalue weighted by atomic mass is 16.5. The molecule has 3 rings (SSSR count). The van der Waals surface area contributed by atoms with Crippen LogP contribution in [0.4, 0.5) is 11.4 Å². The number of aryl methyl sites for hydroxylation is 1. The molecule has 3 heteroatoms. The minimum absolute atomic E-state index is 0.853. The number of fused-ring (bicyclic) bond motifs is 1. The summed E-state index contributed by atoms with van der Waals surface area (Å²) in [6, 6.07) is 16.1. The van der Waals surface area contributed by atoms with Crippen LogP contribution >= 0.6 is 0 Å². The van der Waals surface area contributed by atoms with Crippen LogP contribution in [0.5, 0.6) is 5.75 Å². The van der Waals surface area contributed by atoms with Gasteiger partial charge in [0.25, 0.3) is 0 Å². The quantitative estimate of drug-likeness (QED) is 0.766. The zero-order valence-electron chi connectivity index (χ0n) is 11.6. The van der Waals surface area contributed by atoms with Gasteiger partial charge in [-0.3, -0.25) is 4.98 Å². The van der Waals surface area contributed by atoms with Crippen molar-refractivity contribution in [3.63, 3.8) is 0 Å². The van der Waals surface area contributed by atoms with Crippen LogP contribution in [0, 0.1) is 6.92 Å². The number of methoxy groups -OCH3 is 1. The van der Waals surface area contributed by atoms with Gasteiger partial charge in [0.05, 0.1) is 12.6 Å². The molecule has 0 saturated heterocycles. The van der Waals surface area contributed by atoms with Gasteiger partial charge in [-0.2, -0.15) is 0 Å². The second kappa shape index (κ2) is 5.21. The summed E-state index contributed by atoms with van der Waals surface area (Å²) in [6.45, 7) is 2.09. The van der Waals surface area contributed by atoms with Gasteiger partial charge in [0, 0.05) is 23.0 Å². The second-order valence-electron chi connectivity index (χ2n) is 4.73. The summed E-state index contributed by atoms with van der Waals surface area (Å²) in [5.41, 5.74) is 4.31. The molecule has 0 aliphatic carbocycles. The van der Waals surface area contributed by atoms with Crippen LogP contribution in [0.15, 0.2) is 54.7 Å². The summed E-state index contributed by atoms with van der Waals surface area (Å²) in [5.74, 6) is 0.853. The molecule has 1 aromatic heterocycles. The van der Waals surface area contributed by atoms with E-state index in [0.29, 0.717) is 0 Å². The van der Waals surface area contributed by atoms with Crippen molar-refractivity contribution in [2.45, 2.75) is 6.92 Å². The van der Waals surface area contributed by atoms with E-state index >= 15 is 0 Å². The number of aromatic nitrogens is 1. The standard InChI is InChI=1S/C17H16N2O/c1-12-3-8-16-15(11-12)17(9-10-18-16)19-13-4-6-14(20-2)7-5-13/h3-11H,1-2H3,(H,18,19). The van der Waals surface area contributed by atoms with Crippen LogP contribution in [-0.2, 0) is 0 Å². The van der Waals surface area contributed by atoms with Crippen molar-refractivity contribution >= 4 is 22.3 Å². The average molecular weight is 264 g/mol. The largest absolute Gasteiger partial charge is 0.497 e. The van der Waals surface area contributed by atoms with Gasteiger partial charge in [0.1, 0.15) is 5.75 Å². The van der Waals surface area contributed by atoms with E-state index in [1.165, 1.54) is 5.56 Å². The number of ether oxygens (including phenoxy) is 1. The number of nitrogens with zero attached hydrogens (tertiary/aromatic N) is 1. The lowest BCUT2D eigenvalue weighted by molar-refractivity contribution is 0.415. The van der Waals surface area contributed by atoms with Crippen molar-refractivity contribution in [2.24, 2.45) is 0 Å². The van der Waals surface area contributed by atoms with Gasteiger partial charge in [-0.1, -0.05) is 11.6 Å². The summed E-state index contributed by atoms with van der Waals surface area (Å²) < 4.78 is 5.17. The molecule has 2 aromatic carbocycles. The fraction of sp³-hybridized carbons (Fsp3) is 0.118. The van der Waals surface area contributed by atoms with Gasteiger partial charge in [-0.05, 0) is 49.4 Å². The van der Waals surface area contributed by atoms with E-state index in [4.69, 9.17) is 4.74 Å². The zero-order valence-corrected chi connectivity index (χ0v) is 11.6. The summed E-state index contributed by atoms with van der Waals surface area (Å²) in [7, 11) is 1.67. The van der Waals surface area contributed by atoms with Gasteiger partial charge in [-0.15, -0.1) is 0 Å². The molecular weight excluding hydrogens is 248 g/mol. The predicted octanol–water partition coefficient (Wildman–Crippen LogP) is 4.30. The van der Waals surface area contributed by atoms with Crippen LogP contribution in [0.25, 0.3) is 10.9 Å². The Morgan fingerprint density at radius 3 is 2.55 bits per heavy atom. The van der Waals surface area contributed by atoms with E-state index in [2.05, 4.69) is 29.4 Å². The molecule has 0 aliphatic heterocycles. The van der Waals surface area contributed by atoms with Gasteiger partial charge < -0.3 is 10.1 Å². The highest BCUT2D eigenvalue weighted by Crippen LogP contribution is 2.26. The number of nitrogens with one attached hydrogen (secondary N) is 1. The molecule has 0 amide bonds. The summed E-state index contributed by atoms with van der Waals surface area (Å²) in [6.07, 6.45) is 1.82. The molecule has 20 heavy (non-hydrogen) atoms. The summed E-state index contributed by atoms with van der Waals surface area (Å²) in [4.78, 5) is 4.39. The van der Waals surface area contributed by atoms with Crippen molar-refractivity contribution in [3.8, 4) is 5.75 Å². The number of rotatable bonds is 3. The van der Waals surface area contributed by atoms with Crippen LogP contribution < -0.4 is 10.1 Å². The minimum Gasteiger partial charge on any atom is -0.497 e. The molecule has 3 aromatic rings. The maximum atomic E-state index is 5.17.